The quantitative estimate of drug-likeness (QED) is 0.780. The predicted octanol–water partition coefficient (Wildman–Crippen LogP) is 1.85. The average Bonchev–Trinajstić information content (AvgIpc) is 2.77. The molecule has 0 saturated carbocycles. The van der Waals surface area contributed by atoms with Gasteiger partial charge < -0.3 is 11.1 Å². The number of nitrogens with zero attached hydrogens (tertiary/aromatic N) is 2. The van der Waals surface area contributed by atoms with Crippen LogP contribution in [-0.4, -0.2) is 26.5 Å². The van der Waals surface area contributed by atoms with E-state index in [0.717, 1.165) is 30.1 Å². The number of nitrogens with two attached hydrogens (primary N) is 1. The highest BCUT2D eigenvalue weighted by molar-refractivity contribution is 7.80. The lowest BCUT2D eigenvalue weighted by Crippen LogP contribution is -2.43. The summed E-state index contributed by atoms with van der Waals surface area (Å²) in [5, 5.41) is 6.82. The van der Waals surface area contributed by atoms with Gasteiger partial charge in [0.05, 0.1) is 16.7 Å². The van der Waals surface area contributed by atoms with Gasteiger partial charge >= 0.3 is 0 Å². The fourth-order valence-corrected chi connectivity index (χ4v) is 2.43. The Bertz CT molecular complexity index is 430. The van der Waals surface area contributed by atoms with Gasteiger partial charge in [-0.25, -0.2) is 0 Å². The molecule has 1 amide bonds. The van der Waals surface area contributed by atoms with Crippen molar-refractivity contribution in [1.82, 2.24) is 14.9 Å². The number of hydrogen-bond acceptors (Lipinski definition) is 5. The molecular formula is C11H18N4OS2. The van der Waals surface area contributed by atoms with E-state index in [1.54, 1.807) is 0 Å². The molecule has 0 aliphatic heterocycles. The van der Waals surface area contributed by atoms with Gasteiger partial charge in [-0.3, -0.25) is 4.79 Å². The molecule has 1 heterocycles. The summed E-state index contributed by atoms with van der Waals surface area (Å²) in [5.41, 5.74) is 6.33. The average molecular weight is 286 g/mol. The Hall–Kier alpha value is -1.08. The van der Waals surface area contributed by atoms with E-state index in [2.05, 4.69) is 14.9 Å². The summed E-state index contributed by atoms with van der Waals surface area (Å²) in [5.74, 6) is -0.0288. The zero-order chi connectivity index (χ0) is 13.7. The number of carbonyl (C=O) groups excluding carboxylic acids is 1. The van der Waals surface area contributed by atoms with Gasteiger partial charge in [-0.05, 0) is 23.9 Å². The van der Waals surface area contributed by atoms with Gasteiger partial charge in [0.1, 0.15) is 4.88 Å². The first-order valence-corrected chi connectivity index (χ1v) is 7.07. The fourth-order valence-electron chi connectivity index (χ4n) is 1.53. The number of amides is 1. The van der Waals surface area contributed by atoms with Gasteiger partial charge in [-0.1, -0.05) is 43.9 Å². The second-order valence-corrected chi connectivity index (χ2v) is 5.58. The summed E-state index contributed by atoms with van der Waals surface area (Å²) in [4.78, 5) is 13.0. The smallest absolute Gasteiger partial charge is 0.265 e. The minimum Gasteiger partial charge on any atom is -0.392 e. The van der Waals surface area contributed by atoms with E-state index in [9.17, 15) is 4.79 Å². The Morgan fingerprint density at radius 2 is 2.22 bits per heavy atom. The maximum atomic E-state index is 12.1. The monoisotopic (exact) mass is 286 g/mol. The molecule has 1 aromatic heterocycles. The second kappa shape index (κ2) is 6.75. The lowest BCUT2D eigenvalue weighted by molar-refractivity contribution is 0.0948. The van der Waals surface area contributed by atoms with Crippen molar-refractivity contribution < 1.29 is 4.79 Å². The fraction of sp³-hybridized carbons (Fsp3) is 0.636. The number of hydrogen-bond donors (Lipinski definition) is 2. The molecule has 3 N–H and O–H groups in total. The van der Waals surface area contributed by atoms with Gasteiger partial charge in [0.15, 0.2) is 0 Å². The van der Waals surface area contributed by atoms with E-state index in [0.29, 0.717) is 9.87 Å². The zero-order valence-electron chi connectivity index (χ0n) is 10.8. The highest BCUT2D eigenvalue weighted by atomic mass is 32.1. The predicted molar refractivity (Wildman–Crippen MR) is 76.9 cm³/mol. The van der Waals surface area contributed by atoms with E-state index in [-0.39, 0.29) is 17.9 Å². The number of thiocarbonyl (C=S) groups is 1. The van der Waals surface area contributed by atoms with Crippen LogP contribution in [0.5, 0.6) is 0 Å². The Kier molecular flexibility index (Phi) is 5.61. The summed E-state index contributed by atoms with van der Waals surface area (Å²) in [6.45, 7) is 5.97. The summed E-state index contributed by atoms with van der Waals surface area (Å²) >= 11 is 6.05. The molecule has 0 aromatic carbocycles. The Balaban J connectivity index is 2.80. The van der Waals surface area contributed by atoms with Gasteiger partial charge in [-0.2, -0.15) is 0 Å². The van der Waals surface area contributed by atoms with Crippen molar-refractivity contribution in [3.63, 3.8) is 0 Å². The van der Waals surface area contributed by atoms with Crippen molar-refractivity contribution in [2.24, 2.45) is 5.73 Å². The third-order valence-corrected chi connectivity index (χ3v) is 3.52. The van der Waals surface area contributed by atoms with Gasteiger partial charge in [0.2, 0.25) is 0 Å². The van der Waals surface area contributed by atoms with Crippen molar-refractivity contribution >= 4 is 34.6 Å². The Labute approximate surface area is 116 Å². The van der Waals surface area contributed by atoms with Gasteiger partial charge in [0, 0.05) is 0 Å². The topological polar surface area (TPSA) is 80.9 Å². The van der Waals surface area contributed by atoms with E-state index in [4.69, 9.17) is 18.0 Å². The molecule has 0 radical (unpaired) electrons. The molecule has 18 heavy (non-hydrogen) atoms. The van der Waals surface area contributed by atoms with Crippen LogP contribution in [0.15, 0.2) is 0 Å². The number of aromatic nitrogens is 2. The van der Waals surface area contributed by atoms with Crippen LogP contribution in [0, 0.1) is 0 Å². The largest absolute Gasteiger partial charge is 0.392 e. The molecule has 0 aliphatic carbocycles. The van der Waals surface area contributed by atoms with Gasteiger partial charge in [0.25, 0.3) is 5.91 Å². The van der Waals surface area contributed by atoms with Crippen molar-refractivity contribution in [3.05, 3.63) is 10.6 Å². The molecule has 0 spiro atoms. The third-order valence-electron chi connectivity index (χ3n) is 2.49. The van der Waals surface area contributed by atoms with Crippen LogP contribution in [0.3, 0.4) is 0 Å². The summed E-state index contributed by atoms with van der Waals surface area (Å²) in [6.07, 6.45) is 1.64. The maximum absolute atomic E-state index is 12.1. The third kappa shape index (κ3) is 3.71. The number of carbonyl (C=O) groups is 1. The van der Waals surface area contributed by atoms with Crippen LogP contribution >= 0.6 is 23.8 Å². The second-order valence-electron chi connectivity index (χ2n) is 4.36. The molecule has 1 atom stereocenters. The van der Waals surface area contributed by atoms with Gasteiger partial charge in [-0.15, -0.1) is 5.10 Å². The highest BCUT2D eigenvalue weighted by Gasteiger charge is 2.22. The van der Waals surface area contributed by atoms with Crippen molar-refractivity contribution in [3.8, 4) is 0 Å². The van der Waals surface area contributed by atoms with Crippen molar-refractivity contribution in [2.45, 2.75) is 45.6 Å². The van der Waals surface area contributed by atoms with E-state index >= 15 is 0 Å². The summed E-state index contributed by atoms with van der Waals surface area (Å²) in [7, 11) is 0. The van der Waals surface area contributed by atoms with E-state index < -0.39 is 0 Å². The molecular weight excluding hydrogens is 268 g/mol. The van der Waals surface area contributed by atoms with Crippen LogP contribution in [0.25, 0.3) is 0 Å². The zero-order valence-corrected chi connectivity index (χ0v) is 12.4. The minimum absolute atomic E-state index is 0.166. The minimum atomic E-state index is -0.264. The maximum Gasteiger partial charge on any atom is 0.265 e. The molecule has 1 aromatic rings. The lowest BCUT2D eigenvalue weighted by Gasteiger charge is -2.16. The highest BCUT2D eigenvalue weighted by Crippen LogP contribution is 2.19. The Morgan fingerprint density at radius 1 is 1.56 bits per heavy atom. The van der Waals surface area contributed by atoms with Crippen molar-refractivity contribution in [1.29, 1.82) is 0 Å². The SMILES string of the molecule is CCCC(NC(=O)c1snnc1C(C)C)C(N)=S. The number of nitrogens with one attached hydrogen (secondary N) is 1. The molecule has 7 heteroatoms. The lowest BCUT2D eigenvalue weighted by atomic mass is 10.1. The molecule has 1 unspecified atom stereocenters. The molecule has 100 valence electrons. The first-order valence-electron chi connectivity index (χ1n) is 5.89. The van der Waals surface area contributed by atoms with E-state index in [1.165, 1.54) is 0 Å². The summed E-state index contributed by atoms with van der Waals surface area (Å²) < 4.78 is 3.83. The summed E-state index contributed by atoms with van der Waals surface area (Å²) in [6, 6.07) is -0.264. The van der Waals surface area contributed by atoms with Crippen molar-refractivity contribution in [2.75, 3.05) is 0 Å². The molecule has 0 bridgehead atoms. The number of rotatable bonds is 6. The molecule has 1 rings (SSSR count). The standard InChI is InChI=1S/C11H18N4OS2/c1-4-5-7(10(12)17)13-11(16)9-8(6(2)3)14-15-18-9/h6-7H,4-5H2,1-3H3,(H2,12,17)(H,13,16). The first-order chi connectivity index (χ1) is 8.47. The van der Waals surface area contributed by atoms with Crippen LogP contribution < -0.4 is 11.1 Å². The Morgan fingerprint density at radius 3 is 2.72 bits per heavy atom. The normalized spacial score (nSPS) is 12.4. The molecule has 0 saturated heterocycles. The molecule has 5 nitrogen and oxygen atoms in total. The first kappa shape index (κ1) is 15.0. The van der Waals surface area contributed by atoms with Crippen LogP contribution in [0.1, 0.15) is 54.9 Å². The van der Waals surface area contributed by atoms with E-state index in [1.807, 2.05) is 20.8 Å². The van der Waals surface area contributed by atoms with Crippen LogP contribution in [0.2, 0.25) is 0 Å². The van der Waals surface area contributed by atoms with Crippen LogP contribution in [-0.2, 0) is 0 Å². The van der Waals surface area contributed by atoms with Crippen LogP contribution in [0.4, 0.5) is 0 Å². The molecule has 0 fully saturated rings. The molecule has 0 aliphatic rings.